The lowest BCUT2D eigenvalue weighted by Crippen LogP contribution is -2.38. The first-order valence-electron chi connectivity index (χ1n) is 7.32. The van der Waals surface area contributed by atoms with Crippen LogP contribution in [0.5, 0.6) is 0 Å². The molecule has 22 heavy (non-hydrogen) atoms. The van der Waals surface area contributed by atoms with Gasteiger partial charge in [-0.15, -0.1) is 0 Å². The molecule has 2 aromatic rings. The average Bonchev–Trinajstić information content (AvgIpc) is 2.92. The third-order valence-corrected chi connectivity index (χ3v) is 3.54. The number of aliphatic carboxylic acids is 1. The minimum absolute atomic E-state index is 0.0424. The number of nitrogens with zero attached hydrogens (tertiary/aromatic N) is 2. The van der Waals surface area contributed by atoms with Crippen LogP contribution >= 0.6 is 0 Å². The number of hydrogen-bond acceptors (Lipinski definition) is 2. The number of aryl methyl sites for hydroxylation is 1. The van der Waals surface area contributed by atoms with Gasteiger partial charge in [0.2, 0.25) is 0 Å². The van der Waals surface area contributed by atoms with Crippen LogP contribution in [0.3, 0.4) is 0 Å². The highest BCUT2D eigenvalue weighted by Crippen LogP contribution is 2.15. The summed E-state index contributed by atoms with van der Waals surface area (Å²) in [6.45, 7) is 1.60. The molecule has 6 heteroatoms. The molecule has 0 fully saturated rings. The third kappa shape index (κ3) is 4.25. The van der Waals surface area contributed by atoms with Crippen LogP contribution in [0.25, 0.3) is 10.9 Å². The zero-order valence-electron chi connectivity index (χ0n) is 12.7. The highest BCUT2D eigenvalue weighted by Gasteiger charge is 2.09. The van der Waals surface area contributed by atoms with E-state index in [1.807, 2.05) is 18.3 Å². The molecule has 0 radical (unpaired) electrons. The second-order valence-electron chi connectivity index (χ2n) is 5.22. The normalized spacial score (nSPS) is 10.6. The number of amides is 2. The molecule has 0 spiro atoms. The predicted octanol–water partition coefficient (Wildman–Crippen LogP) is 2.15. The Bertz CT molecular complexity index is 651. The molecule has 0 atom stereocenters. The van der Waals surface area contributed by atoms with Crippen molar-refractivity contribution < 1.29 is 14.7 Å². The van der Waals surface area contributed by atoms with Gasteiger partial charge >= 0.3 is 12.0 Å². The van der Waals surface area contributed by atoms with Crippen LogP contribution in [0.4, 0.5) is 4.79 Å². The number of fused-ring (bicyclic) bond motifs is 1. The maximum atomic E-state index is 11.7. The summed E-state index contributed by atoms with van der Waals surface area (Å²) in [7, 11) is 1.59. The zero-order valence-corrected chi connectivity index (χ0v) is 12.7. The smallest absolute Gasteiger partial charge is 0.317 e. The van der Waals surface area contributed by atoms with Crippen molar-refractivity contribution in [3.8, 4) is 0 Å². The van der Waals surface area contributed by atoms with Crippen LogP contribution in [0.15, 0.2) is 36.5 Å². The first-order chi connectivity index (χ1) is 10.6. The van der Waals surface area contributed by atoms with Crippen LogP contribution in [0, 0.1) is 0 Å². The van der Waals surface area contributed by atoms with Crippen molar-refractivity contribution in [1.82, 2.24) is 14.8 Å². The molecule has 1 heterocycles. The summed E-state index contributed by atoms with van der Waals surface area (Å²) >= 11 is 0. The zero-order chi connectivity index (χ0) is 15.9. The molecule has 118 valence electrons. The Kier molecular flexibility index (Phi) is 5.41. The van der Waals surface area contributed by atoms with Crippen molar-refractivity contribution in [3.63, 3.8) is 0 Å². The van der Waals surface area contributed by atoms with Gasteiger partial charge in [0.25, 0.3) is 0 Å². The number of aromatic nitrogens is 1. The summed E-state index contributed by atoms with van der Waals surface area (Å²) in [5, 5.41) is 12.6. The summed E-state index contributed by atoms with van der Waals surface area (Å²) in [5.74, 6) is -0.904. The molecule has 0 unspecified atom stereocenters. The Morgan fingerprint density at radius 1 is 1.27 bits per heavy atom. The first kappa shape index (κ1) is 15.9. The Labute approximate surface area is 129 Å². The standard InChI is InChI=1S/C16H21N3O3/c1-18(11-8-15(20)21)16(22)17-9-4-10-19-12-7-13-5-2-3-6-14(13)19/h2-3,5-7,12H,4,8-11H2,1H3,(H,17,22)(H,20,21). The van der Waals surface area contributed by atoms with Gasteiger partial charge in [-0.2, -0.15) is 0 Å². The molecular formula is C16H21N3O3. The number of rotatable bonds is 7. The van der Waals surface area contributed by atoms with E-state index in [0.29, 0.717) is 6.54 Å². The molecule has 6 nitrogen and oxygen atoms in total. The van der Waals surface area contributed by atoms with Gasteiger partial charge < -0.3 is 19.9 Å². The molecule has 0 saturated heterocycles. The predicted molar refractivity (Wildman–Crippen MR) is 84.8 cm³/mol. The summed E-state index contributed by atoms with van der Waals surface area (Å²) in [6.07, 6.45) is 2.82. The van der Waals surface area contributed by atoms with Crippen molar-refractivity contribution in [2.45, 2.75) is 19.4 Å². The quantitative estimate of drug-likeness (QED) is 0.770. The van der Waals surface area contributed by atoms with Gasteiger partial charge in [-0.1, -0.05) is 18.2 Å². The lowest BCUT2D eigenvalue weighted by atomic mass is 10.2. The fourth-order valence-electron chi connectivity index (χ4n) is 2.28. The molecule has 0 saturated carbocycles. The summed E-state index contributed by atoms with van der Waals surface area (Å²) in [6, 6.07) is 10.0. The number of carbonyl (C=O) groups excluding carboxylic acids is 1. The average molecular weight is 303 g/mol. The molecule has 2 amide bonds. The highest BCUT2D eigenvalue weighted by molar-refractivity contribution is 5.79. The highest BCUT2D eigenvalue weighted by atomic mass is 16.4. The molecule has 1 aromatic heterocycles. The van der Waals surface area contributed by atoms with E-state index in [0.717, 1.165) is 13.0 Å². The SMILES string of the molecule is CN(CCC(=O)O)C(=O)NCCCn1ccc2ccccc21. The number of nitrogens with one attached hydrogen (secondary N) is 1. The largest absolute Gasteiger partial charge is 0.481 e. The summed E-state index contributed by atoms with van der Waals surface area (Å²) in [4.78, 5) is 23.6. The minimum Gasteiger partial charge on any atom is -0.481 e. The van der Waals surface area contributed by atoms with E-state index in [9.17, 15) is 9.59 Å². The monoisotopic (exact) mass is 303 g/mol. The second-order valence-corrected chi connectivity index (χ2v) is 5.22. The van der Waals surface area contributed by atoms with Crippen molar-refractivity contribution in [2.75, 3.05) is 20.1 Å². The second kappa shape index (κ2) is 7.49. The number of para-hydroxylation sites is 1. The maximum Gasteiger partial charge on any atom is 0.317 e. The summed E-state index contributed by atoms with van der Waals surface area (Å²) < 4.78 is 2.16. The van der Waals surface area contributed by atoms with Crippen LogP contribution in [-0.4, -0.2) is 46.7 Å². The number of carboxylic acids is 1. The molecule has 0 aliphatic carbocycles. The van der Waals surface area contributed by atoms with Crippen LogP contribution in [0.2, 0.25) is 0 Å². The van der Waals surface area contributed by atoms with E-state index in [1.165, 1.54) is 15.8 Å². The number of carboxylic acid groups (broad SMARTS) is 1. The van der Waals surface area contributed by atoms with Crippen molar-refractivity contribution in [1.29, 1.82) is 0 Å². The van der Waals surface area contributed by atoms with Gasteiger partial charge in [0.05, 0.1) is 6.42 Å². The number of carbonyl (C=O) groups is 2. The van der Waals surface area contributed by atoms with E-state index < -0.39 is 5.97 Å². The number of urea groups is 1. The third-order valence-electron chi connectivity index (χ3n) is 3.54. The van der Waals surface area contributed by atoms with Gasteiger partial charge in [-0.05, 0) is 23.9 Å². The van der Waals surface area contributed by atoms with Crippen molar-refractivity contribution >= 4 is 22.9 Å². The lowest BCUT2D eigenvalue weighted by Gasteiger charge is -2.17. The Morgan fingerprint density at radius 3 is 2.82 bits per heavy atom. The van der Waals surface area contributed by atoms with E-state index in [2.05, 4.69) is 28.1 Å². The molecule has 0 aliphatic heterocycles. The molecular weight excluding hydrogens is 282 g/mol. The lowest BCUT2D eigenvalue weighted by molar-refractivity contribution is -0.137. The van der Waals surface area contributed by atoms with E-state index in [4.69, 9.17) is 5.11 Å². The van der Waals surface area contributed by atoms with Crippen molar-refractivity contribution in [2.24, 2.45) is 0 Å². The molecule has 0 bridgehead atoms. The maximum absolute atomic E-state index is 11.7. The fourth-order valence-corrected chi connectivity index (χ4v) is 2.28. The van der Waals surface area contributed by atoms with Gasteiger partial charge in [0, 0.05) is 38.4 Å². The number of benzene rings is 1. The van der Waals surface area contributed by atoms with Crippen LogP contribution < -0.4 is 5.32 Å². The molecule has 0 aliphatic rings. The Hall–Kier alpha value is -2.50. The number of hydrogen-bond donors (Lipinski definition) is 2. The Balaban J connectivity index is 1.73. The van der Waals surface area contributed by atoms with Gasteiger partial charge in [-0.25, -0.2) is 4.79 Å². The van der Waals surface area contributed by atoms with E-state index >= 15 is 0 Å². The van der Waals surface area contributed by atoms with Crippen molar-refractivity contribution in [3.05, 3.63) is 36.5 Å². The van der Waals surface area contributed by atoms with Gasteiger partial charge in [0.15, 0.2) is 0 Å². The van der Waals surface area contributed by atoms with Gasteiger partial charge in [-0.3, -0.25) is 4.79 Å². The van der Waals surface area contributed by atoms with Crippen LogP contribution in [0.1, 0.15) is 12.8 Å². The van der Waals surface area contributed by atoms with Gasteiger partial charge in [0.1, 0.15) is 0 Å². The Morgan fingerprint density at radius 2 is 2.05 bits per heavy atom. The summed E-state index contributed by atoms with van der Waals surface area (Å²) in [5.41, 5.74) is 1.19. The van der Waals surface area contributed by atoms with E-state index in [1.54, 1.807) is 7.05 Å². The molecule has 2 rings (SSSR count). The topological polar surface area (TPSA) is 74.6 Å². The van der Waals surface area contributed by atoms with E-state index in [-0.39, 0.29) is 19.0 Å². The first-order valence-corrected chi connectivity index (χ1v) is 7.32. The van der Waals surface area contributed by atoms with Crippen LogP contribution in [-0.2, 0) is 11.3 Å². The fraction of sp³-hybridized carbons (Fsp3) is 0.375. The molecule has 1 aromatic carbocycles. The minimum atomic E-state index is -0.904. The molecule has 2 N–H and O–H groups in total.